The third kappa shape index (κ3) is 20.0. The first-order valence-electron chi connectivity index (χ1n) is 33.0. The van der Waals surface area contributed by atoms with Gasteiger partial charge in [0.25, 0.3) is 20.3 Å². The standard InChI is InChI=1S/C18H20FNO9P2.C18H21NO9P2.C15H17NO8P2.C15H17NO7P2/c1-2-4-16(21)27-15-7-6-13(9-14(15)19)17-28-30(23,24)18(22,31(25,26)29-17)10-12-5-3-8-20-11-12;1-2-4-16(20)26-15-8-6-14(7-9-15)17-27-29(22,23)18(21,30(24,25)28-17)11-13-5-3-10-19-12-13;1-22-13-6-2-5-12(8-13)14-23-25(18,19)15(17,26(20,21)24-14)9-11-4-3-7-16-10-11;1-11-4-6-13(7-5-11)14-22-24(18,19)15(17,25(20,21)23-14)9-12-3-2-8-16-10-12/h3,5-9,11,17,22H,2,4,10H2,1H3,(H,23,24)(H,25,26);3,5-10,12,17,21H,2,4,11H2,1H3,(H,22,23)(H,24,25);2-8,10,14,17H,9H2,1H3,(H,18,19)(H,20,21);2-8,10,14,17H,9H2,1H3,(H,18,19)(H,20,21). The third-order valence-electron chi connectivity index (χ3n) is 16.6. The molecule has 8 atom stereocenters. The van der Waals surface area contributed by atoms with Crippen LogP contribution in [0.25, 0.3) is 0 Å². The van der Waals surface area contributed by atoms with Crippen molar-refractivity contribution in [3.05, 3.63) is 245 Å². The molecule has 0 radical (unpaired) electrons. The van der Waals surface area contributed by atoms with E-state index in [0.29, 0.717) is 18.6 Å². The number of aryl methyl sites for hydroxylation is 1. The molecule has 112 heavy (non-hydrogen) atoms. The molecule has 0 amide bonds. The number of aromatic nitrogens is 4. The summed E-state index contributed by atoms with van der Waals surface area (Å²) in [4.78, 5) is 121. The van der Waals surface area contributed by atoms with Gasteiger partial charge in [-0.1, -0.05) is 98.3 Å². The molecule has 8 heterocycles. The average Bonchev–Trinajstić information content (AvgIpc) is 0.744. The Kier molecular flexibility index (Phi) is 28.4. The predicted molar refractivity (Wildman–Crippen MR) is 388 cm³/mol. The largest absolute Gasteiger partial charge is 0.497 e. The normalized spacial score (nSPS) is 32.8. The second kappa shape index (κ2) is 35.7. The van der Waals surface area contributed by atoms with E-state index < -0.39 is 155 Å². The van der Waals surface area contributed by atoms with Crippen molar-refractivity contribution in [1.29, 1.82) is 0 Å². The second-order valence-electron chi connectivity index (χ2n) is 25.0. The molecule has 0 aliphatic carbocycles. The molecule has 46 heteroatoms. The molecular formula is C66H75FN4O33P8. The van der Waals surface area contributed by atoms with Crippen molar-refractivity contribution in [1.82, 2.24) is 19.9 Å². The molecule has 4 aliphatic rings. The van der Waals surface area contributed by atoms with Gasteiger partial charge in [0.1, 0.15) is 11.5 Å². The molecule has 4 saturated heterocycles. The van der Waals surface area contributed by atoms with E-state index in [-0.39, 0.29) is 63.1 Å². The zero-order valence-electron chi connectivity index (χ0n) is 59.0. The molecular weight excluding hydrogens is 1640 g/mol. The molecule has 12 rings (SSSR count). The lowest BCUT2D eigenvalue weighted by atomic mass is 10.1. The summed E-state index contributed by atoms with van der Waals surface area (Å²) in [7, 11) is -38.9. The molecule has 37 nitrogen and oxygen atoms in total. The Bertz CT molecular complexity index is 4950. The van der Waals surface area contributed by atoms with Crippen molar-refractivity contribution in [2.24, 2.45) is 0 Å². The van der Waals surface area contributed by atoms with E-state index in [1.165, 1.54) is 142 Å². The first-order chi connectivity index (χ1) is 52.4. The van der Waals surface area contributed by atoms with Crippen molar-refractivity contribution in [3.63, 3.8) is 0 Å². The highest BCUT2D eigenvalue weighted by Gasteiger charge is 2.71. The van der Waals surface area contributed by atoms with Crippen LogP contribution in [-0.4, -0.2) is 119 Å². The molecule has 8 aromatic rings. The maximum Gasteiger partial charge on any atom is 0.374 e. The minimum absolute atomic E-state index is 0.0763. The zero-order valence-corrected chi connectivity index (χ0v) is 66.2. The SMILES string of the molecule is CCCC(=O)Oc1ccc(C2OP(=O)(O)C(O)(Cc3cccnc3)P(=O)(O)O2)cc1.CCCC(=O)Oc1ccc(C2OP(=O)(O)C(O)(Cc3cccnc3)P(=O)(O)O2)cc1F.COc1cccc(C2OP(=O)(O)C(O)(Cc3cccnc3)P(=O)(O)O2)c1.Cc1ccc(C2OP(=O)(O)C(O)(Cc3cccnc3)P(=O)(O)O2)cc1. The van der Waals surface area contributed by atoms with E-state index in [1.54, 1.807) is 43.3 Å². The summed E-state index contributed by atoms with van der Waals surface area (Å²) < 4.78 is 171. The number of hydrogen-bond donors (Lipinski definition) is 12. The Labute approximate surface area is 637 Å². The number of carbonyl (C=O) groups is 2. The number of nitrogens with zero attached hydrogens (tertiary/aromatic N) is 4. The Morgan fingerprint density at radius 2 is 0.688 bits per heavy atom. The molecule has 8 unspecified atom stereocenters. The molecule has 12 N–H and O–H groups in total. The average molecular weight is 1720 g/mol. The number of hydrogen-bond acceptors (Lipinski definition) is 29. The smallest absolute Gasteiger partial charge is 0.374 e. The van der Waals surface area contributed by atoms with Crippen LogP contribution in [0.2, 0.25) is 0 Å². The summed E-state index contributed by atoms with van der Waals surface area (Å²) >= 11 is 0. The predicted octanol–water partition coefficient (Wildman–Crippen LogP) is 11.4. The lowest BCUT2D eigenvalue weighted by Crippen LogP contribution is -2.37. The quantitative estimate of drug-likeness (QED) is 0.0203. The van der Waals surface area contributed by atoms with Crippen LogP contribution in [-0.2, 0) is 108 Å². The summed E-state index contributed by atoms with van der Waals surface area (Å²) in [6.45, 7) is 5.42. The van der Waals surface area contributed by atoms with Crippen LogP contribution in [0.5, 0.6) is 17.2 Å². The monoisotopic (exact) mass is 1720 g/mol. The maximum atomic E-state index is 14.3. The maximum absolute atomic E-state index is 14.3. The lowest BCUT2D eigenvalue weighted by molar-refractivity contribution is -0.135. The highest BCUT2D eigenvalue weighted by molar-refractivity contribution is 7.75. The van der Waals surface area contributed by atoms with E-state index >= 15 is 0 Å². The molecule has 604 valence electrons. The molecule has 4 aliphatic heterocycles. The van der Waals surface area contributed by atoms with Gasteiger partial charge in [0.15, 0.2) is 11.6 Å². The number of rotatable bonds is 19. The minimum Gasteiger partial charge on any atom is -0.497 e. The summed E-state index contributed by atoms with van der Waals surface area (Å²) in [5, 5.41) is 30.3. The van der Waals surface area contributed by atoms with Gasteiger partial charge in [0, 0.05) is 110 Å². The van der Waals surface area contributed by atoms with Crippen molar-refractivity contribution < 1.29 is 160 Å². The zero-order chi connectivity index (χ0) is 82.2. The number of carbonyl (C=O) groups excluding carboxylic acids is 2. The number of pyridine rings is 4. The van der Waals surface area contributed by atoms with Gasteiger partial charge in [-0.15, -0.1) is 0 Å². The highest BCUT2D eigenvalue weighted by atomic mass is 31.3. The summed E-state index contributed by atoms with van der Waals surface area (Å²) in [6.07, 6.45) is 2.86. The van der Waals surface area contributed by atoms with Crippen LogP contribution in [0.3, 0.4) is 0 Å². The number of methoxy groups -OCH3 is 1. The number of benzene rings is 4. The first-order valence-corrected chi connectivity index (χ1v) is 45.6. The van der Waals surface area contributed by atoms with Crippen LogP contribution < -0.4 is 14.2 Å². The van der Waals surface area contributed by atoms with Gasteiger partial charge in [-0.25, -0.2) is 4.39 Å². The van der Waals surface area contributed by atoms with Gasteiger partial charge < -0.3 is 73.8 Å². The number of ether oxygens (including phenoxy) is 3. The third-order valence-corrected chi connectivity index (χ3v) is 35.0. The van der Waals surface area contributed by atoms with Crippen LogP contribution in [0.15, 0.2) is 189 Å². The number of esters is 2. The van der Waals surface area contributed by atoms with Crippen molar-refractivity contribution in [3.8, 4) is 17.2 Å². The van der Waals surface area contributed by atoms with Crippen LogP contribution in [0, 0.1) is 12.7 Å². The van der Waals surface area contributed by atoms with E-state index in [0.717, 1.165) is 23.8 Å². The van der Waals surface area contributed by atoms with Crippen molar-refractivity contribution >= 4 is 72.7 Å². The molecule has 4 aromatic heterocycles. The van der Waals surface area contributed by atoms with Crippen LogP contribution >= 0.6 is 60.8 Å². The Morgan fingerprint density at radius 3 is 0.982 bits per heavy atom. The second-order valence-corrected chi connectivity index (χ2v) is 42.3. The fraction of sp³-hybridized carbons (Fsp3) is 0.303. The highest BCUT2D eigenvalue weighted by Crippen LogP contribution is 2.82. The molecule has 4 aromatic carbocycles. The van der Waals surface area contributed by atoms with Gasteiger partial charge in [0.2, 0.25) is 25.2 Å². The Hall–Kier alpha value is -6.81. The van der Waals surface area contributed by atoms with Gasteiger partial charge in [-0.2, -0.15) is 0 Å². The van der Waals surface area contributed by atoms with Crippen LogP contribution in [0.1, 0.15) is 115 Å². The van der Waals surface area contributed by atoms with Crippen molar-refractivity contribution in [2.45, 2.75) is 118 Å². The first kappa shape index (κ1) is 89.1. The molecule has 0 spiro atoms. The molecule has 0 saturated carbocycles. The lowest BCUT2D eigenvalue weighted by Gasteiger charge is -2.41. The van der Waals surface area contributed by atoms with Crippen molar-refractivity contribution in [2.75, 3.05) is 7.11 Å². The topological polar surface area (TPSA) is 567 Å². The fourth-order valence-corrected chi connectivity index (χ4v) is 24.9. The molecule has 4 fully saturated rings. The van der Waals surface area contributed by atoms with Gasteiger partial charge >= 0.3 is 72.7 Å². The Morgan fingerprint density at radius 1 is 0.393 bits per heavy atom. The van der Waals surface area contributed by atoms with E-state index in [1.807, 2.05) is 13.8 Å². The Balaban J connectivity index is 0.000000172. The van der Waals surface area contributed by atoms with Crippen LogP contribution in [0.4, 0.5) is 4.39 Å². The summed E-state index contributed by atoms with van der Waals surface area (Å²) in [5.74, 6) is -1.88. The van der Waals surface area contributed by atoms with Gasteiger partial charge in [0.05, 0.1) is 7.11 Å². The van der Waals surface area contributed by atoms with E-state index in [9.17, 15) is 110 Å². The van der Waals surface area contributed by atoms with Gasteiger partial charge in [-0.3, -0.25) is 102 Å². The summed E-state index contributed by atoms with van der Waals surface area (Å²) in [6, 6.07) is 32.9. The molecule has 0 bridgehead atoms. The summed E-state index contributed by atoms with van der Waals surface area (Å²) in [5.41, 5.74) is 2.27. The van der Waals surface area contributed by atoms with E-state index in [4.69, 9.17) is 50.4 Å². The number of aliphatic hydroxyl groups is 4. The number of halogens is 1. The fourth-order valence-electron chi connectivity index (χ4n) is 10.5. The van der Waals surface area contributed by atoms with E-state index in [2.05, 4.69) is 19.9 Å². The minimum atomic E-state index is -5.19. The van der Waals surface area contributed by atoms with Gasteiger partial charge in [-0.05, 0) is 103 Å².